The van der Waals surface area contributed by atoms with Crippen molar-refractivity contribution in [2.24, 2.45) is 4.99 Å². The number of aliphatic imine (C=N–C) groups is 1. The largest absolute Gasteiger partial charge is 0.497 e. The number of amidine groups is 1. The second kappa shape index (κ2) is 13.3. The molecule has 1 aliphatic heterocycles. The van der Waals surface area contributed by atoms with Crippen molar-refractivity contribution in [2.75, 3.05) is 25.6 Å². The van der Waals surface area contributed by atoms with Gasteiger partial charge in [0.15, 0.2) is 5.17 Å². The number of hydrogen-bond donors (Lipinski definition) is 1. The Kier molecular flexibility index (Phi) is 9.62. The predicted molar refractivity (Wildman–Crippen MR) is 154 cm³/mol. The fraction of sp³-hybridized carbons (Fsp3) is 0.241. The van der Waals surface area contributed by atoms with E-state index in [2.05, 4.69) is 5.32 Å². The lowest BCUT2D eigenvalue weighted by Gasteiger charge is -2.32. The van der Waals surface area contributed by atoms with Crippen LogP contribution in [0.5, 0.6) is 5.75 Å². The van der Waals surface area contributed by atoms with Gasteiger partial charge in [0, 0.05) is 23.7 Å². The maximum absolute atomic E-state index is 13.3. The van der Waals surface area contributed by atoms with E-state index in [1.165, 1.54) is 11.8 Å². The summed E-state index contributed by atoms with van der Waals surface area (Å²) in [6, 6.07) is 21.1. The average Bonchev–Trinajstić information content (AvgIpc) is 2.94. The van der Waals surface area contributed by atoms with Gasteiger partial charge in [0.25, 0.3) is 0 Å². The number of nitrogens with one attached hydrogen (secondary N) is 1. The molecule has 202 valence electrons. The van der Waals surface area contributed by atoms with Gasteiger partial charge in [-0.15, -0.1) is 0 Å². The van der Waals surface area contributed by atoms with E-state index < -0.39 is 11.2 Å². The second-order valence-electron chi connectivity index (χ2n) is 8.61. The van der Waals surface area contributed by atoms with E-state index in [-0.39, 0.29) is 24.8 Å². The minimum absolute atomic E-state index is 0.0274. The normalized spacial score (nSPS) is 16.2. The average molecular weight is 566 g/mol. The Labute approximate surface area is 236 Å². The fourth-order valence-corrected chi connectivity index (χ4v) is 5.10. The van der Waals surface area contributed by atoms with E-state index in [1.807, 2.05) is 24.3 Å². The minimum Gasteiger partial charge on any atom is -0.497 e. The molecule has 10 heteroatoms. The molecule has 0 aliphatic carbocycles. The van der Waals surface area contributed by atoms with Crippen molar-refractivity contribution in [3.8, 4) is 5.75 Å². The molecule has 1 atom stereocenters. The van der Waals surface area contributed by atoms with Crippen LogP contribution in [-0.2, 0) is 20.7 Å². The number of ether oxygens (including phenoxy) is 2. The van der Waals surface area contributed by atoms with Crippen molar-refractivity contribution in [1.29, 1.82) is 0 Å². The Morgan fingerprint density at radius 3 is 2.38 bits per heavy atom. The number of nitrogens with zero attached hydrogens (tertiary/aromatic N) is 2. The maximum atomic E-state index is 13.3. The number of halogens is 1. The van der Waals surface area contributed by atoms with E-state index in [4.69, 9.17) is 26.1 Å². The van der Waals surface area contributed by atoms with Crippen LogP contribution in [0.15, 0.2) is 77.8 Å². The number of carbonyl (C=O) groups excluding carboxylic acids is 3. The monoisotopic (exact) mass is 565 g/mol. The standard InChI is InChI=1S/C29H28ClN3O5S/c1-3-38-28(36)20-6-10-22(11-7-20)31-27(35)25-18-26(34)33(17-16-19-4-8-21(30)9-5-19)29(39-25)32-23-12-14-24(37-2)15-13-23/h4-15,25H,3,16-18H2,1-2H3,(H,31,35)/t25-/m0/s1. The topological polar surface area (TPSA) is 97.3 Å². The number of carbonyl (C=O) groups is 3. The number of benzene rings is 3. The summed E-state index contributed by atoms with van der Waals surface area (Å²) in [6.07, 6.45) is 0.633. The van der Waals surface area contributed by atoms with Crippen LogP contribution in [0.2, 0.25) is 5.02 Å². The van der Waals surface area contributed by atoms with Crippen molar-refractivity contribution >= 4 is 57.7 Å². The number of thioether (sulfide) groups is 1. The third-order valence-corrected chi connectivity index (χ3v) is 7.37. The summed E-state index contributed by atoms with van der Waals surface area (Å²) in [5, 5.41) is 3.26. The quantitative estimate of drug-likeness (QED) is 0.333. The van der Waals surface area contributed by atoms with Crippen LogP contribution >= 0.6 is 23.4 Å². The van der Waals surface area contributed by atoms with Crippen LogP contribution in [0.25, 0.3) is 0 Å². The van der Waals surface area contributed by atoms with Gasteiger partial charge in [0.1, 0.15) is 11.0 Å². The lowest BCUT2D eigenvalue weighted by molar-refractivity contribution is -0.129. The number of rotatable bonds is 9. The third-order valence-electron chi connectivity index (χ3n) is 5.93. The number of methoxy groups -OCH3 is 1. The molecule has 8 nitrogen and oxygen atoms in total. The van der Waals surface area contributed by atoms with Gasteiger partial charge in [-0.25, -0.2) is 9.79 Å². The molecule has 1 N–H and O–H groups in total. The van der Waals surface area contributed by atoms with Crippen LogP contribution in [0.3, 0.4) is 0 Å². The molecule has 0 saturated carbocycles. The molecule has 4 rings (SSSR count). The summed E-state index contributed by atoms with van der Waals surface area (Å²) < 4.78 is 10.2. The highest BCUT2D eigenvalue weighted by Crippen LogP contribution is 2.31. The fourth-order valence-electron chi connectivity index (χ4n) is 3.85. The molecule has 2 amide bonds. The van der Waals surface area contributed by atoms with Gasteiger partial charge in [-0.1, -0.05) is 35.5 Å². The number of amides is 2. The van der Waals surface area contributed by atoms with Crippen LogP contribution in [0, 0.1) is 0 Å². The first-order valence-electron chi connectivity index (χ1n) is 12.4. The lowest BCUT2D eigenvalue weighted by Crippen LogP contribution is -2.46. The van der Waals surface area contributed by atoms with Crippen LogP contribution in [-0.4, -0.2) is 53.4 Å². The van der Waals surface area contributed by atoms with Crippen LogP contribution in [0.4, 0.5) is 11.4 Å². The first-order valence-corrected chi connectivity index (χ1v) is 13.6. The Balaban J connectivity index is 1.51. The van der Waals surface area contributed by atoms with Crippen molar-refractivity contribution in [3.63, 3.8) is 0 Å². The van der Waals surface area contributed by atoms with Gasteiger partial charge in [-0.3, -0.25) is 14.5 Å². The van der Waals surface area contributed by atoms with E-state index in [9.17, 15) is 14.4 Å². The van der Waals surface area contributed by atoms with Crippen molar-refractivity contribution in [1.82, 2.24) is 4.90 Å². The summed E-state index contributed by atoms with van der Waals surface area (Å²) in [6.45, 7) is 2.42. The van der Waals surface area contributed by atoms with Gasteiger partial charge in [-0.05, 0) is 79.6 Å². The molecule has 1 fully saturated rings. The zero-order valence-corrected chi connectivity index (χ0v) is 23.1. The Morgan fingerprint density at radius 2 is 1.74 bits per heavy atom. The predicted octanol–water partition coefficient (Wildman–Crippen LogP) is 5.73. The summed E-state index contributed by atoms with van der Waals surface area (Å²) in [5.74, 6) is -0.246. The lowest BCUT2D eigenvalue weighted by atomic mass is 10.1. The van der Waals surface area contributed by atoms with Gasteiger partial charge >= 0.3 is 5.97 Å². The highest BCUT2D eigenvalue weighted by molar-refractivity contribution is 8.15. The smallest absolute Gasteiger partial charge is 0.338 e. The Morgan fingerprint density at radius 1 is 1.05 bits per heavy atom. The summed E-state index contributed by atoms with van der Waals surface area (Å²) >= 11 is 7.25. The zero-order valence-electron chi connectivity index (χ0n) is 21.6. The third kappa shape index (κ3) is 7.61. The zero-order chi connectivity index (χ0) is 27.8. The van der Waals surface area contributed by atoms with Gasteiger partial charge in [-0.2, -0.15) is 0 Å². The molecule has 0 radical (unpaired) electrons. The van der Waals surface area contributed by atoms with E-state index >= 15 is 0 Å². The highest BCUT2D eigenvalue weighted by Gasteiger charge is 2.35. The van der Waals surface area contributed by atoms with Gasteiger partial charge < -0.3 is 14.8 Å². The number of anilines is 1. The number of esters is 1. The van der Waals surface area contributed by atoms with E-state index in [0.29, 0.717) is 45.8 Å². The van der Waals surface area contributed by atoms with E-state index in [1.54, 1.807) is 67.5 Å². The van der Waals surface area contributed by atoms with Crippen LogP contribution in [0.1, 0.15) is 29.3 Å². The summed E-state index contributed by atoms with van der Waals surface area (Å²) in [7, 11) is 1.59. The molecule has 1 saturated heterocycles. The molecule has 0 spiro atoms. The van der Waals surface area contributed by atoms with E-state index in [0.717, 1.165) is 5.56 Å². The molecular formula is C29H28ClN3O5S. The molecule has 0 aromatic heterocycles. The number of hydrogen-bond acceptors (Lipinski definition) is 7. The molecule has 0 bridgehead atoms. The summed E-state index contributed by atoms with van der Waals surface area (Å²) in [5.41, 5.74) is 2.58. The SMILES string of the molecule is CCOC(=O)c1ccc(NC(=O)[C@@H]2CC(=O)N(CCc3ccc(Cl)cc3)C(=Nc3ccc(OC)cc3)S2)cc1. The molecule has 39 heavy (non-hydrogen) atoms. The Hall–Kier alpha value is -3.82. The molecule has 1 heterocycles. The van der Waals surface area contributed by atoms with Crippen LogP contribution < -0.4 is 10.1 Å². The second-order valence-corrected chi connectivity index (χ2v) is 10.2. The van der Waals surface area contributed by atoms with Crippen molar-refractivity contribution in [3.05, 3.63) is 88.9 Å². The van der Waals surface area contributed by atoms with Gasteiger partial charge in [0.05, 0.1) is 25.0 Å². The minimum atomic E-state index is -0.675. The molecular weight excluding hydrogens is 538 g/mol. The first kappa shape index (κ1) is 28.2. The molecule has 3 aromatic carbocycles. The molecule has 1 aliphatic rings. The van der Waals surface area contributed by atoms with Gasteiger partial charge in [0.2, 0.25) is 11.8 Å². The van der Waals surface area contributed by atoms with Crippen molar-refractivity contribution < 1.29 is 23.9 Å². The molecule has 0 unspecified atom stereocenters. The maximum Gasteiger partial charge on any atom is 0.338 e. The molecule has 3 aromatic rings. The van der Waals surface area contributed by atoms with Crippen molar-refractivity contribution in [2.45, 2.75) is 25.0 Å². The summed E-state index contributed by atoms with van der Waals surface area (Å²) in [4.78, 5) is 44.7. The first-order chi connectivity index (χ1) is 18.9. The highest BCUT2D eigenvalue weighted by atomic mass is 35.5. The Bertz CT molecular complexity index is 1340.